The summed E-state index contributed by atoms with van der Waals surface area (Å²) in [6, 6.07) is 0.773. The topological polar surface area (TPSA) is 92.8 Å². The molecule has 0 bridgehead atoms. The van der Waals surface area contributed by atoms with Gasteiger partial charge >= 0.3 is 0 Å². The monoisotopic (exact) mass is 552 g/mol. The van der Waals surface area contributed by atoms with E-state index in [-0.39, 0.29) is 0 Å². The summed E-state index contributed by atoms with van der Waals surface area (Å²) in [5.41, 5.74) is 3.61. The second-order valence-corrected chi connectivity index (χ2v) is 9.47. The summed E-state index contributed by atoms with van der Waals surface area (Å²) in [6.45, 7) is 23.7. The fourth-order valence-corrected chi connectivity index (χ4v) is 3.53. The summed E-state index contributed by atoms with van der Waals surface area (Å²) in [6.07, 6.45) is 1.90. The number of aliphatic imine (C=N–C) groups is 4. The van der Waals surface area contributed by atoms with Gasteiger partial charge in [-0.15, -0.1) is 0 Å². The van der Waals surface area contributed by atoms with Crippen molar-refractivity contribution >= 4 is 23.9 Å². The largest absolute Gasteiger partial charge is 0.378 e. The van der Waals surface area contributed by atoms with E-state index in [2.05, 4.69) is 64.4 Å². The summed E-state index contributed by atoms with van der Waals surface area (Å²) in [7, 11) is 6.06. The van der Waals surface area contributed by atoms with Gasteiger partial charge in [0, 0.05) is 32.2 Å². The first-order valence-corrected chi connectivity index (χ1v) is 14.0. The van der Waals surface area contributed by atoms with Crippen LogP contribution in [0.15, 0.2) is 31.7 Å². The number of likely N-dealkylation sites (N-methyl/N-ethyl adjacent to an activating group) is 2. The fraction of sp³-hybridized carbons (Fsp3) is 0.793. The molecule has 0 aromatic rings. The maximum atomic E-state index is 5.76. The second kappa shape index (κ2) is 24.0. The van der Waals surface area contributed by atoms with E-state index < -0.39 is 0 Å². The molecule has 2 atom stereocenters. The predicted octanol–water partition coefficient (Wildman–Crippen LogP) is 3.31. The Hall–Kier alpha value is -1.82. The number of rotatable bonds is 24. The summed E-state index contributed by atoms with van der Waals surface area (Å²) >= 11 is 0. The molecule has 0 aliphatic carbocycles. The van der Waals surface area contributed by atoms with Gasteiger partial charge in [0.1, 0.15) is 0 Å². The molecule has 0 saturated carbocycles. The van der Waals surface area contributed by atoms with E-state index in [1.165, 1.54) is 0 Å². The minimum Gasteiger partial charge on any atom is -0.378 e. The van der Waals surface area contributed by atoms with Crippen molar-refractivity contribution in [1.82, 2.24) is 9.80 Å². The van der Waals surface area contributed by atoms with Crippen LogP contribution in [0.25, 0.3) is 0 Å². The van der Waals surface area contributed by atoms with Crippen LogP contribution in [0.3, 0.4) is 0 Å². The van der Waals surface area contributed by atoms with Crippen LogP contribution < -0.4 is 0 Å². The molecule has 226 valence electrons. The molecule has 0 spiro atoms. The van der Waals surface area contributed by atoms with Crippen molar-refractivity contribution in [2.24, 2.45) is 20.0 Å². The van der Waals surface area contributed by atoms with Crippen LogP contribution in [0.5, 0.6) is 0 Å². The first-order valence-electron chi connectivity index (χ1n) is 14.0. The summed E-state index contributed by atoms with van der Waals surface area (Å²) in [4.78, 5) is 21.6. The van der Waals surface area contributed by atoms with Crippen molar-refractivity contribution in [2.45, 2.75) is 53.6 Å². The smallest absolute Gasteiger partial charge is 0.0787 e. The molecule has 0 aromatic carbocycles. The quantitative estimate of drug-likeness (QED) is 0.135. The molecule has 0 fully saturated rings. The Balaban J connectivity index is 3.87. The maximum Gasteiger partial charge on any atom is 0.0787 e. The molecule has 0 saturated heterocycles. The molecule has 0 N–H and O–H groups in total. The first kappa shape index (κ1) is 37.2. The Morgan fingerprint density at radius 1 is 0.692 bits per heavy atom. The molecule has 1 unspecified atom stereocenters. The van der Waals surface area contributed by atoms with Crippen molar-refractivity contribution in [3.8, 4) is 0 Å². The Bertz CT molecular complexity index is 769. The van der Waals surface area contributed by atoms with Gasteiger partial charge in [-0.1, -0.05) is 6.08 Å². The molecule has 10 heteroatoms. The van der Waals surface area contributed by atoms with Gasteiger partial charge in [0.05, 0.1) is 88.8 Å². The van der Waals surface area contributed by atoms with Crippen LogP contribution in [0.2, 0.25) is 0 Å². The van der Waals surface area contributed by atoms with Gasteiger partial charge in [-0.2, -0.15) is 0 Å². The second-order valence-electron chi connectivity index (χ2n) is 9.47. The highest BCUT2D eigenvalue weighted by atomic mass is 16.5. The molecule has 0 aliphatic heterocycles. The zero-order chi connectivity index (χ0) is 29.5. The number of nitrogens with zero attached hydrogens (tertiary/aromatic N) is 6. The van der Waals surface area contributed by atoms with Crippen LogP contribution in [0.1, 0.15) is 41.5 Å². The van der Waals surface area contributed by atoms with Gasteiger partial charge in [-0.3, -0.25) is 29.8 Å². The molecule has 0 radical (unpaired) electrons. The Kier molecular flexibility index (Phi) is 22.9. The average molecular weight is 553 g/mol. The number of ether oxygens (including phenoxy) is 4. The minimum atomic E-state index is 0.386. The zero-order valence-corrected chi connectivity index (χ0v) is 26.2. The molecular weight excluding hydrogens is 496 g/mol. The summed E-state index contributed by atoms with van der Waals surface area (Å²) < 4.78 is 22.7. The lowest BCUT2D eigenvalue weighted by Crippen LogP contribution is -2.47. The molecule has 0 amide bonds. The van der Waals surface area contributed by atoms with Crippen LogP contribution in [-0.2, 0) is 18.9 Å². The third-order valence-electron chi connectivity index (χ3n) is 6.85. The molecule has 10 nitrogen and oxygen atoms in total. The van der Waals surface area contributed by atoms with Gasteiger partial charge in [-0.25, -0.2) is 0 Å². The van der Waals surface area contributed by atoms with Crippen LogP contribution in [0.4, 0.5) is 0 Å². The van der Waals surface area contributed by atoms with Crippen LogP contribution in [-0.4, -0.2) is 146 Å². The van der Waals surface area contributed by atoms with E-state index in [9.17, 15) is 0 Å². The van der Waals surface area contributed by atoms with E-state index in [4.69, 9.17) is 18.9 Å². The van der Waals surface area contributed by atoms with Crippen molar-refractivity contribution < 1.29 is 18.9 Å². The van der Waals surface area contributed by atoms with Crippen LogP contribution >= 0.6 is 0 Å². The van der Waals surface area contributed by atoms with Crippen molar-refractivity contribution in [3.05, 3.63) is 11.8 Å². The summed E-state index contributed by atoms with van der Waals surface area (Å²) in [5, 5.41) is 0. The Morgan fingerprint density at radius 3 is 1.49 bits per heavy atom. The number of hydrogen-bond acceptors (Lipinski definition) is 10. The molecule has 0 aliphatic rings. The van der Waals surface area contributed by atoms with Gasteiger partial charge in [0.15, 0.2) is 0 Å². The maximum absolute atomic E-state index is 5.76. The first-order chi connectivity index (χ1) is 18.7. The lowest BCUT2D eigenvalue weighted by atomic mass is 10.1. The molecule has 39 heavy (non-hydrogen) atoms. The van der Waals surface area contributed by atoms with Crippen molar-refractivity contribution in [2.75, 3.05) is 100 Å². The molecule has 0 rings (SSSR count). The zero-order valence-electron chi connectivity index (χ0n) is 26.2. The third-order valence-corrected chi connectivity index (χ3v) is 6.85. The summed E-state index contributed by atoms with van der Waals surface area (Å²) in [5.74, 6) is 0. The third kappa shape index (κ3) is 18.2. The Morgan fingerprint density at radius 2 is 1.10 bits per heavy atom. The molecule has 0 aromatic heterocycles. The highest BCUT2D eigenvalue weighted by Crippen LogP contribution is 2.08. The highest BCUT2D eigenvalue weighted by molar-refractivity contribution is 6.40. The van der Waals surface area contributed by atoms with Crippen molar-refractivity contribution in [1.29, 1.82) is 0 Å². The lowest BCUT2D eigenvalue weighted by Gasteiger charge is -2.35. The van der Waals surface area contributed by atoms with E-state index >= 15 is 0 Å². The standard InChI is InChI=1S/C29H56N6O4/c1-11-29(31-8)26(4)33-13-17-37-21-23-39-19-15-35(10)28(6)27(5)34(9)14-18-38-22-20-36-16-12-32-25(3)24(2)30-7/h11,27-28H,8,12-23H2,1-7,9-10H3/b29-11-,30-24+,32-25+,33-26+/t27-,28?/m1/s1. The number of hydrogen-bond donors (Lipinski definition) is 0. The SMILES string of the molecule is C=NC(=C\C)/C(C)=N/CCOCCOCCN(C)C(C)[C@@H](C)N(C)CCOCCOCC/N=C(C)/C(C)=N/C. The van der Waals surface area contributed by atoms with E-state index in [1.54, 1.807) is 7.05 Å². The minimum absolute atomic E-state index is 0.386. The number of allylic oxidation sites excluding steroid dienone is 2. The fourth-order valence-electron chi connectivity index (χ4n) is 3.53. The van der Waals surface area contributed by atoms with Gasteiger partial charge in [-0.05, 0) is 62.4 Å². The molecular formula is C29H56N6O4. The van der Waals surface area contributed by atoms with Gasteiger partial charge in [0.25, 0.3) is 0 Å². The van der Waals surface area contributed by atoms with Crippen LogP contribution in [0, 0.1) is 0 Å². The molecule has 0 heterocycles. The van der Waals surface area contributed by atoms with E-state index in [1.807, 2.05) is 33.8 Å². The van der Waals surface area contributed by atoms with E-state index in [0.29, 0.717) is 78.0 Å². The highest BCUT2D eigenvalue weighted by Gasteiger charge is 2.20. The Labute approximate surface area is 238 Å². The van der Waals surface area contributed by atoms with Gasteiger partial charge < -0.3 is 18.9 Å². The normalized spacial score (nSPS) is 15.4. The van der Waals surface area contributed by atoms with E-state index in [0.717, 1.165) is 35.9 Å². The average Bonchev–Trinajstić information content (AvgIpc) is 2.94. The predicted molar refractivity (Wildman–Crippen MR) is 166 cm³/mol. The van der Waals surface area contributed by atoms with Gasteiger partial charge in [0.2, 0.25) is 0 Å². The lowest BCUT2D eigenvalue weighted by molar-refractivity contribution is 0.0254. The van der Waals surface area contributed by atoms with Crippen molar-refractivity contribution in [3.63, 3.8) is 0 Å².